The van der Waals surface area contributed by atoms with E-state index in [1.54, 1.807) is 0 Å². The number of rotatable bonds is 6. The van der Waals surface area contributed by atoms with E-state index >= 15 is 0 Å². The Morgan fingerprint density at radius 2 is 1.83 bits per heavy atom. The van der Waals surface area contributed by atoms with Crippen molar-refractivity contribution in [3.05, 3.63) is 0 Å². The molecule has 0 aliphatic rings. The van der Waals surface area contributed by atoms with Gasteiger partial charge in [-0.25, -0.2) is 0 Å². The molecule has 0 aromatic carbocycles. The summed E-state index contributed by atoms with van der Waals surface area (Å²) in [6.45, 7) is 11.3. The van der Waals surface area contributed by atoms with Crippen LogP contribution < -0.4 is 0 Å². The van der Waals surface area contributed by atoms with Crippen molar-refractivity contribution in [3.8, 4) is 0 Å². The van der Waals surface area contributed by atoms with Crippen LogP contribution in [0.3, 0.4) is 0 Å². The highest BCUT2D eigenvalue weighted by Gasteiger charge is 2.30. The molecule has 0 rings (SSSR count). The van der Waals surface area contributed by atoms with Crippen LogP contribution in [0.15, 0.2) is 0 Å². The third-order valence-electron chi connectivity index (χ3n) is 2.12. The summed E-state index contributed by atoms with van der Waals surface area (Å²) in [6, 6.07) is 1.03. The zero-order chi connectivity index (χ0) is 9.61. The lowest BCUT2D eigenvalue weighted by Gasteiger charge is -2.28. The summed E-state index contributed by atoms with van der Waals surface area (Å²) in [5, 5.41) is 0. The lowest BCUT2D eigenvalue weighted by Crippen LogP contribution is -2.40. The zero-order valence-corrected chi connectivity index (χ0v) is 10.0. The highest BCUT2D eigenvalue weighted by molar-refractivity contribution is 6.65. The van der Waals surface area contributed by atoms with E-state index in [0.717, 1.165) is 19.1 Å². The van der Waals surface area contributed by atoms with Gasteiger partial charge in [-0.15, -0.1) is 0 Å². The molecule has 0 aliphatic carbocycles. The summed E-state index contributed by atoms with van der Waals surface area (Å²) in [7, 11) is -1.81. The number of hydrogen-bond acceptors (Lipinski definition) is 2. The Hall–Kier alpha value is 0.137. The molecule has 2 unspecified atom stereocenters. The van der Waals surface area contributed by atoms with Crippen molar-refractivity contribution in [2.45, 2.75) is 52.8 Å². The predicted octanol–water partition coefficient (Wildman–Crippen LogP) is 2.93. The van der Waals surface area contributed by atoms with Crippen molar-refractivity contribution in [1.29, 1.82) is 0 Å². The second kappa shape index (κ2) is 5.73. The van der Waals surface area contributed by atoms with Crippen LogP contribution in [0, 0.1) is 0 Å². The Morgan fingerprint density at radius 1 is 1.25 bits per heavy atom. The van der Waals surface area contributed by atoms with E-state index < -0.39 is 8.56 Å². The maximum Gasteiger partial charge on any atom is 0.334 e. The fourth-order valence-electron chi connectivity index (χ4n) is 1.03. The lowest BCUT2D eigenvalue weighted by molar-refractivity contribution is 0.129. The average molecular weight is 190 g/mol. The molecule has 0 aromatic heterocycles. The first-order chi connectivity index (χ1) is 5.58. The summed E-state index contributed by atoms with van der Waals surface area (Å²) < 4.78 is 11.6. The van der Waals surface area contributed by atoms with E-state index in [9.17, 15) is 0 Å². The molecule has 2 atom stereocenters. The molecule has 0 spiro atoms. The molecule has 0 amide bonds. The molecule has 0 aromatic rings. The van der Waals surface area contributed by atoms with Gasteiger partial charge in [0.05, 0.1) is 0 Å². The summed E-state index contributed by atoms with van der Waals surface area (Å²) in [5.74, 6) is 0. The van der Waals surface area contributed by atoms with Crippen LogP contribution in [0.2, 0.25) is 12.6 Å². The zero-order valence-electron chi connectivity index (χ0n) is 9.02. The monoisotopic (exact) mass is 190 g/mol. The molecule has 74 valence electrons. The third-order valence-corrected chi connectivity index (χ3v) is 5.20. The van der Waals surface area contributed by atoms with Crippen molar-refractivity contribution < 1.29 is 8.85 Å². The van der Waals surface area contributed by atoms with Gasteiger partial charge in [0.2, 0.25) is 0 Å². The second-order valence-electron chi connectivity index (χ2n) is 3.26. The van der Waals surface area contributed by atoms with E-state index in [2.05, 4.69) is 27.3 Å². The van der Waals surface area contributed by atoms with Crippen LogP contribution in [0.1, 0.15) is 34.1 Å². The molecule has 0 fully saturated rings. The van der Waals surface area contributed by atoms with Crippen molar-refractivity contribution in [3.63, 3.8) is 0 Å². The molecule has 0 radical (unpaired) electrons. The maximum absolute atomic E-state index is 5.89. The van der Waals surface area contributed by atoms with Crippen molar-refractivity contribution >= 4 is 8.56 Å². The molecular formula is C9H22O2Si. The topological polar surface area (TPSA) is 18.5 Å². The highest BCUT2D eigenvalue weighted by Crippen LogP contribution is 2.16. The Labute approximate surface area is 77.5 Å². The molecule has 0 saturated heterocycles. The van der Waals surface area contributed by atoms with Crippen LogP contribution in [-0.2, 0) is 8.85 Å². The first-order valence-corrected chi connectivity index (χ1v) is 7.42. The largest absolute Gasteiger partial charge is 0.395 e. The van der Waals surface area contributed by atoms with E-state index in [-0.39, 0.29) is 0 Å². The van der Waals surface area contributed by atoms with Crippen LogP contribution in [0.5, 0.6) is 0 Å². The van der Waals surface area contributed by atoms with E-state index in [0.29, 0.717) is 6.10 Å². The maximum atomic E-state index is 5.89. The third kappa shape index (κ3) is 4.23. The Balaban J connectivity index is 3.94. The molecule has 0 aliphatic heterocycles. The summed E-state index contributed by atoms with van der Waals surface area (Å²) in [6.07, 6.45) is 1.41. The Morgan fingerprint density at radius 3 is 2.17 bits per heavy atom. The van der Waals surface area contributed by atoms with E-state index in [4.69, 9.17) is 8.85 Å². The minimum atomic E-state index is -1.81. The molecule has 3 heteroatoms. The standard InChI is InChI=1S/C9H22O2Si/c1-6-9(4)11-12(5,8-3)10-7-2/h9H,6-8H2,1-5H3. The van der Waals surface area contributed by atoms with Gasteiger partial charge in [0.15, 0.2) is 0 Å². The van der Waals surface area contributed by atoms with Crippen LogP contribution in [0.4, 0.5) is 0 Å². The molecule has 0 heterocycles. The van der Waals surface area contributed by atoms with E-state index in [1.807, 2.05) is 6.92 Å². The van der Waals surface area contributed by atoms with Crippen molar-refractivity contribution in [2.24, 2.45) is 0 Å². The van der Waals surface area contributed by atoms with Gasteiger partial charge in [-0.3, -0.25) is 0 Å². The first kappa shape index (κ1) is 12.1. The van der Waals surface area contributed by atoms with Gasteiger partial charge in [0.1, 0.15) is 0 Å². The highest BCUT2D eigenvalue weighted by atomic mass is 28.4. The second-order valence-corrected chi connectivity index (χ2v) is 6.76. The van der Waals surface area contributed by atoms with Crippen molar-refractivity contribution in [2.75, 3.05) is 6.61 Å². The smallest absolute Gasteiger partial charge is 0.334 e. The Kier molecular flexibility index (Phi) is 5.79. The normalized spacial score (nSPS) is 18.8. The average Bonchev–Trinajstić information content (AvgIpc) is 2.05. The minimum absolute atomic E-state index is 0.341. The fraction of sp³-hybridized carbons (Fsp3) is 1.00. The molecule has 2 nitrogen and oxygen atoms in total. The van der Waals surface area contributed by atoms with Crippen molar-refractivity contribution in [1.82, 2.24) is 0 Å². The molecular weight excluding hydrogens is 168 g/mol. The first-order valence-electron chi connectivity index (χ1n) is 4.89. The molecule has 12 heavy (non-hydrogen) atoms. The molecule has 0 N–H and O–H groups in total. The summed E-state index contributed by atoms with van der Waals surface area (Å²) >= 11 is 0. The van der Waals surface area contributed by atoms with Gasteiger partial charge in [0.25, 0.3) is 0 Å². The Bertz CT molecular complexity index is 119. The predicted molar refractivity (Wildman–Crippen MR) is 54.6 cm³/mol. The molecule has 0 saturated carbocycles. The SMILES string of the molecule is CCO[Si](C)(CC)OC(C)CC. The summed E-state index contributed by atoms with van der Waals surface area (Å²) in [4.78, 5) is 0. The van der Waals surface area contributed by atoms with Gasteiger partial charge in [-0.2, -0.15) is 0 Å². The van der Waals surface area contributed by atoms with Crippen LogP contribution in [-0.4, -0.2) is 21.3 Å². The van der Waals surface area contributed by atoms with Crippen LogP contribution >= 0.6 is 0 Å². The minimum Gasteiger partial charge on any atom is -0.395 e. The van der Waals surface area contributed by atoms with Crippen LogP contribution in [0.25, 0.3) is 0 Å². The lowest BCUT2D eigenvalue weighted by atomic mass is 10.3. The fourth-order valence-corrected chi connectivity index (χ4v) is 3.10. The van der Waals surface area contributed by atoms with E-state index in [1.165, 1.54) is 0 Å². The quantitative estimate of drug-likeness (QED) is 0.600. The molecule has 0 bridgehead atoms. The van der Waals surface area contributed by atoms with Gasteiger partial charge in [-0.1, -0.05) is 13.8 Å². The van der Waals surface area contributed by atoms with Gasteiger partial charge < -0.3 is 8.85 Å². The number of hydrogen-bond donors (Lipinski definition) is 0. The van der Waals surface area contributed by atoms with Gasteiger partial charge in [0, 0.05) is 12.7 Å². The van der Waals surface area contributed by atoms with Gasteiger partial charge in [-0.05, 0) is 32.9 Å². The summed E-state index contributed by atoms with van der Waals surface area (Å²) in [5.41, 5.74) is 0. The van der Waals surface area contributed by atoms with Gasteiger partial charge >= 0.3 is 8.56 Å².